The van der Waals surface area contributed by atoms with Crippen LogP contribution in [-0.2, 0) is 15.8 Å². The molecule has 0 heterocycles. The number of anilines is 1. The van der Waals surface area contributed by atoms with Crippen LogP contribution in [0.25, 0.3) is 0 Å². The van der Waals surface area contributed by atoms with Crippen molar-refractivity contribution in [1.29, 1.82) is 0 Å². The fourth-order valence-electron chi connectivity index (χ4n) is 1.88. The van der Waals surface area contributed by atoms with E-state index in [1.807, 2.05) is 13.8 Å². The number of hydrogen-bond donors (Lipinski definition) is 2. The standard InChI is InChI=1S/C15H20F3N3O2/c1-3-21(4-2)10-9-19-13(22)14(23)20-12-7-5-11(6-8-12)15(16,17)18/h5-8H,3-4,9-10H2,1-2H3,(H,19,22)(H,20,23). The van der Waals surface area contributed by atoms with Gasteiger partial charge in [0.2, 0.25) is 0 Å². The minimum absolute atomic E-state index is 0.127. The van der Waals surface area contributed by atoms with Crippen molar-refractivity contribution < 1.29 is 22.8 Å². The van der Waals surface area contributed by atoms with Gasteiger partial charge in [0.1, 0.15) is 0 Å². The summed E-state index contributed by atoms with van der Waals surface area (Å²) in [5.74, 6) is -1.73. The number of alkyl halides is 3. The van der Waals surface area contributed by atoms with E-state index in [4.69, 9.17) is 0 Å². The third kappa shape index (κ3) is 6.27. The molecular formula is C15H20F3N3O2. The second kappa shape index (κ2) is 8.52. The van der Waals surface area contributed by atoms with Gasteiger partial charge >= 0.3 is 18.0 Å². The third-order valence-corrected chi connectivity index (χ3v) is 3.28. The molecule has 1 rings (SSSR count). The normalized spacial score (nSPS) is 11.4. The summed E-state index contributed by atoms with van der Waals surface area (Å²) in [6.07, 6.45) is -4.44. The molecule has 0 bridgehead atoms. The van der Waals surface area contributed by atoms with Crippen LogP contribution in [0.5, 0.6) is 0 Å². The van der Waals surface area contributed by atoms with E-state index in [2.05, 4.69) is 15.5 Å². The van der Waals surface area contributed by atoms with Crippen LogP contribution in [0.3, 0.4) is 0 Å². The molecule has 2 amide bonds. The summed E-state index contributed by atoms with van der Waals surface area (Å²) < 4.78 is 37.3. The van der Waals surface area contributed by atoms with Crippen molar-refractivity contribution in [2.75, 3.05) is 31.5 Å². The number of carbonyl (C=O) groups excluding carboxylic acids is 2. The number of hydrogen-bond acceptors (Lipinski definition) is 3. The Morgan fingerprint density at radius 3 is 2.09 bits per heavy atom. The second-order valence-corrected chi connectivity index (χ2v) is 4.81. The van der Waals surface area contributed by atoms with Crippen LogP contribution < -0.4 is 10.6 Å². The van der Waals surface area contributed by atoms with Crippen molar-refractivity contribution in [3.63, 3.8) is 0 Å². The van der Waals surface area contributed by atoms with Gasteiger partial charge in [-0.3, -0.25) is 9.59 Å². The first kappa shape index (κ1) is 19.0. The number of nitrogens with one attached hydrogen (secondary N) is 2. The van der Waals surface area contributed by atoms with Gasteiger partial charge in [-0.05, 0) is 37.4 Å². The predicted molar refractivity (Wildman–Crippen MR) is 80.9 cm³/mol. The minimum Gasteiger partial charge on any atom is -0.347 e. The van der Waals surface area contributed by atoms with Crippen molar-refractivity contribution in [2.24, 2.45) is 0 Å². The largest absolute Gasteiger partial charge is 0.416 e. The van der Waals surface area contributed by atoms with Crippen LogP contribution in [0, 0.1) is 0 Å². The Bertz CT molecular complexity index is 526. The van der Waals surface area contributed by atoms with Crippen molar-refractivity contribution in [3.8, 4) is 0 Å². The van der Waals surface area contributed by atoms with Crippen LogP contribution in [0.2, 0.25) is 0 Å². The summed E-state index contributed by atoms with van der Waals surface area (Å²) in [6.45, 7) is 6.59. The van der Waals surface area contributed by atoms with E-state index in [0.29, 0.717) is 13.1 Å². The summed E-state index contributed by atoms with van der Waals surface area (Å²) in [6, 6.07) is 3.88. The fourth-order valence-corrected chi connectivity index (χ4v) is 1.88. The van der Waals surface area contributed by atoms with Crippen LogP contribution in [-0.4, -0.2) is 42.9 Å². The lowest BCUT2D eigenvalue weighted by Crippen LogP contribution is -2.40. The van der Waals surface area contributed by atoms with Crippen LogP contribution in [0.1, 0.15) is 19.4 Å². The molecule has 0 saturated heterocycles. The van der Waals surface area contributed by atoms with E-state index in [1.165, 1.54) is 0 Å². The van der Waals surface area contributed by atoms with Crippen molar-refractivity contribution in [1.82, 2.24) is 10.2 Å². The molecule has 8 heteroatoms. The zero-order valence-electron chi connectivity index (χ0n) is 13.0. The van der Waals surface area contributed by atoms with Gasteiger partial charge in [-0.15, -0.1) is 0 Å². The molecule has 23 heavy (non-hydrogen) atoms. The van der Waals surface area contributed by atoms with Gasteiger partial charge in [-0.2, -0.15) is 13.2 Å². The molecule has 0 aromatic heterocycles. The van der Waals surface area contributed by atoms with E-state index < -0.39 is 23.6 Å². The highest BCUT2D eigenvalue weighted by molar-refractivity contribution is 6.39. The van der Waals surface area contributed by atoms with Crippen LogP contribution in [0.4, 0.5) is 18.9 Å². The Hall–Kier alpha value is -2.09. The second-order valence-electron chi connectivity index (χ2n) is 4.81. The van der Waals surface area contributed by atoms with Crippen molar-refractivity contribution in [2.45, 2.75) is 20.0 Å². The van der Waals surface area contributed by atoms with E-state index in [0.717, 1.165) is 37.4 Å². The SMILES string of the molecule is CCN(CC)CCNC(=O)C(=O)Nc1ccc(C(F)(F)F)cc1. The maximum absolute atomic E-state index is 12.4. The number of rotatable bonds is 6. The van der Waals surface area contributed by atoms with Crippen molar-refractivity contribution >= 4 is 17.5 Å². The summed E-state index contributed by atoms with van der Waals surface area (Å²) in [5, 5.41) is 4.72. The highest BCUT2D eigenvalue weighted by Crippen LogP contribution is 2.29. The Kier molecular flexibility index (Phi) is 7.02. The lowest BCUT2D eigenvalue weighted by Gasteiger charge is -2.17. The lowest BCUT2D eigenvalue weighted by atomic mass is 10.2. The van der Waals surface area contributed by atoms with Crippen LogP contribution in [0.15, 0.2) is 24.3 Å². The van der Waals surface area contributed by atoms with E-state index >= 15 is 0 Å². The van der Waals surface area contributed by atoms with Crippen molar-refractivity contribution in [3.05, 3.63) is 29.8 Å². The summed E-state index contributed by atoms with van der Waals surface area (Å²) in [4.78, 5) is 25.3. The summed E-state index contributed by atoms with van der Waals surface area (Å²) >= 11 is 0. The Morgan fingerprint density at radius 2 is 1.61 bits per heavy atom. The first-order valence-corrected chi connectivity index (χ1v) is 7.26. The number of benzene rings is 1. The molecule has 1 aromatic carbocycles. The number of likely N-dealkylation sites (N-methyl/N-ethyl adjacent to an activating group) is 1. The average Bonchev–Trinajstić information content (AvgIpc) is 2.51. The summed E-state index contributed by atoms with van der Waals surface area (Å²) in [5.41, 5.74) is -0.693. The Labute approximate surface area is 132 Å². The molecule has 0 atom stereocenters. The third-order valence-electron chi connectivity index (χ3n) is 3.28. The Morgan fingerprint density at radius 1 is 1.04 bits per heavy atom. The van der Waals surface area contributed by atoms with Gasteiger partial charge in [-0.25, -0.2) is 0 Å². The topological polar surface area (TPSA) is 61.4 Å². The minimum atomic E-state index is -4.44. The zero-order valence-corrected chi connectivity index (χ0v) is 13.0. The van der Waals surface area contributed by atoms with Gasteiger partial charge in [0, 0.05) is 18.8 Å². The van der Waals surface area contributed by atoms with Gasteiger partial charge in [0.25, 0.3) is 0 Å². The molecule has 0 aliphatic heterocycles. The first-order valence-electron chi connectivity index (χ1n) is 7.26. The molecule has 0 saturated carbocycles. The quantitative estimate of drug-likeness (QED) is 0.785. The maximum Gasteiger partial charge on any atom is 0.416 e. The molecular weight excluding hydrogens is 311 g/mol. The molecule has 0 aliphatic rings. The first-order chi connectivity index (χ1) is 10.8. The summed E-state index contributed by atoms with van der Waals surface area (Å²) in [7, 11) is 0. The number of amides is 2. The number of carbonyl (C=O) groups is 2. The predicted octanol–water partition coefficient (Wildman–Crippen LogP) is 2.10. The van der Waals surface area contributed by atoms with Crippen LogP contribution >= 0.6 is 0 Å². The van der Waals surface area contributed by atoms with E-state index in [1.54, 1.807) is 0 Å². The molecule has 0 radical (unpaired) electrons. The molecule has 2 N–H and O–H groups in total. The number of halogens is 3. The van der Waals surface area contributed by atoms with Gasteiger partial charge in [0.15, 0.2) is 0 Å². The molecule has 5 nitrogen and oxygen atoms in total. The number of nitrogens with zero attached hydrogens (tertiary/aromatic N) is 1. The smallest absolute Gasteiger partial charge is 0.347 e. The van der Waals surface area contributed by atoms with E-state index in [9.17, 15) is 22.8 Å². The Balaban J connectivity index is 2.47. The molecule has 0 fully saturated rings. The molecule has 1 aromatic rings. The highest BCUT2D eigenvalue weighted by Gasteiger charge is 2.30. The molecule has 0 unspecified atom stereocenters. The molecule has 0 aliphatic carbocycles. The fraction of sp³-hybridized carbons (Fsp3) is 0.467. The highest BCUT2D eigenvalue weighted by atomic mass is 19.4. The van der Waals surface area contributed by atoms with Gasteiger partial charge < -0.3 is 15.5 Å². The monoisotopic (exact) mass is 331 g/mol. The average molecular weight is 331 g/mol. The molecule has 128 valence electrons. The lowest BCUT2D eigenvalue weighted by molar-refractivity contribution is -0.137. The zero-order chi connectivity index (χ0) is 17.5. The maximum atomic E-state index is 12.4. The van der Waals surface area contributed by atoms with Gasteiger partial charge in [-0.1, -0.05) is 13.8 Å². The van der Waals surface area contributed by atoms with Gasteiger partial charge in [0.05, 0.1) is 5.56 Å². The van der Waals surface area contributed by atoms with E-state index in [-0.39, 0.29) is 5.69 Å². The molecule has 0 spiro atoms.